The van der Waals surface area contributed by atoms with Crippen molar-refractivity contribution in [3.05, 3.63) is 77.0 Å². The summed E-state index contributed by atoms with van der Waals surface area (Å²) in [5.41, 5.74) is 0.949. The molecule has 2 aromatic rings. The van der Waals surface area contributed by atoms with Crippen LogP contribution in [0.4, 0.5) is 0 Å². The molecule has 0 aliphatic carbocycles. The van der Waals surface area contributed by atoms with Crippen LogP contribution < -0.4 is 0 Å². The number of nitrogens with zero attached hydrogens (tertiary/aromatic N) is 1. The summed E-state index contributed by atoms with van der Waals surface area (Å²) < 4.78 is 6.99. The predicted molar refractivity (Wildman–Crippen MR) is 99.4 cm³/mol. The maximum absolute atomic E-state index is 12.6. The second-order valence-corrected chi connectivity index (χ2v) is 7.21. The van der Waals surface area contributed by atoms with Crippen LogP contribution in [0, 0.1) is 5.21 Å². The van der Waals surface area contributed by atoms with Gasteiger partial charge >= 0.3 is 0 Å². The molecule has 0 radical (unpaired) electrons. The average Bonchev–Trinajstić information content (AvgIpc) is 2.59. The van der Waals surface area contributed by atoms with Gasteiger partial charge in [-0.05, 0) is 18.1 Å². The van der Waals surface area contributed by atoms with E-state index in [1.165, 1.54) is 0 Å². The second kappa shape index (κ2) is 7.18. The Morgan fingerprint density at radius 2 is 1.42 bits per heavy atom. The first-order chi connectivity index (χ1) is 11.3. The van der Waals surface area contributed by atoms with Crippen LogP contribution in [0.3, 0.4) is 0 Å². The quantitative estimate of drug-likeness (QED) is 0.345. The van der Waals surface area contributed by atoms with Gasteiger partial charge in [-0.3, -0.25) is 0 Å². The van der Waals surface area contributed by atoms with E-state index in [4.69, 9.17) is 4.74 Å². The van der Waals surface area contributed by atoms with Crippen molar-refractivity contribution in [2.75, 3.05) is 7.11 Å². The minimum atomic E-state index is -0.642. The standard InChI is InChI=1S/C21H27NO2/c1-20(2,3)22(23)16-19(17-12-8-6-9-13-17)21(4,24-5)18-14-10-7-11-15-18/h6-16,19H,1-5H3/b22-16-/t19-,21+/m0/s1. The molecule has 3 nitrogen and oxygen atoms in total. The molecule has 0 saturated carbocycles. The summed E-state index contributed by atoms with van der Waals surface area (Å²) >= 11 is 0. The van der Waals surface area contributed by atoms with Crippen LogP contribution >= 0.6 is 0 Å². The fourth-order valence-electron chi connectivity index (χ4n) is 2.76. The Bertz CT molecular complexity index is 674. The Kier molecular flexibility index (Phi) is 5.45. The number of hydrogen-bond acceptors (Lipinski definition) is 2. The molecule has 0 bridgehead atoms. The fourth-order valence-corrected chi connectivity index (χ4v) is 2.76. The van der Waals surface area contributed by atoms with Crippen molar-refractivity contribution in [1.29, 1.82) is 0 Å². The van der Waals surface area contributed by atoms with Crippen LogP contribution in [-0.4, -0.2) is 23.6 Å². The van der Waals surface area contributed by atoms with Crippen molar-refractivity contribution in [1.82, 2.24) is 0 Å². The highest BCUT2D eigenvalue weighted by Crippen LogP contribution is 2.38. The van der Waals surface area contributed by atoms with E-state index in [0.717, 1.165) is 15.9 Å². The topological polar surface area (TPSA) is 35.3 Å². The van der Waals surface area contributed by atoms with Crippen molar-refractivity contribution < 1.29 is 9.48 Å². The van der Waals surface area contributed by atoms with E-state index in [9.17, 15) is 5.21 Å². The lowest BCUT2D eigenvalue weighted by Gasteiger charge is -2.35. The lowest BCUT2D eigenvalue weighted by Crippen LogP contribution is -2.38. The minimum absolute atomic E-state index is 0.206. The van der Waals surface area contributed by atoms with Crippen LogP contribution in [0.1, 0.15) is 44.7 Å². The summed E-state index contributed by atoms with van der Waals surface area (Å²) in [5, 5.41) is 12.6. The minimum Gasteiger partial charge on any atom is -0.624 e. The molecule has 2 atom stereocenters. The average molecular weight is 325 g/mol. The van der Waals surface area contributed by atoms with E-state index in [1.807, 2.05) is 88.4 Å². The summed E-state index contributed by atoms with van der Waals surface area (Å²) in [6.45, 7) is 7.76. The first kappa shape index (κ1) is 18.2. The Hall–Kier alpha value is -2.13. The lowest BCUT2D eigenvalue weighted by atomic mass is 9.79. The van der Waals surface area contributed by atoms with Gasteiger partial charge in [-0.25, -0.2) is 4.74 Å². The van der Waals surface area contributed by atoms with Crippen LogP contribution in [0.15, 0.2) is 60.7 Å². The normalized spacial score (nSPS) is 16.5. The summed E-state index contributed by atoms with van der Waals surface area (Å²) in [6.07, 6.45) is 1.74. The zero-order valence-electron chi connectivity index (χ0n) is 15.2. The largest absolute Gasteiger partial charge is 0.624 e. The molecule has 0 aliphatic rings. The zero-order chi connectivity index (χ0) is 17.8. The van der Waals surface area contributed by atoms with E-state index < -0.39 is 11.1 Å². The smallest absolute Gasteiger partial charge is 0.164 e. The third-order valence-corrected chi connectivity index (χ3v) is 4.47. The first-order valence-corrected chi connectivity index (χ1v) is 8.26. The van der Waals surface area contributed by atoms with Gasteiger partial charge in [0.1, 0.15) is 5.60 Å². The Labute approximate surface area is 145 Å². The van der Waals surface area contributed by atoms with E-state index >= 15 is 0 Å². The molecule has 0 amide bonds. The maximum Gasteiger partial charge on any atom is 0.164 e. The van der Waals surface area contributed by atoms with Crippen molar-refractivity contribution in [2.24, 2.45) is 0 Å². The monoisotopic (exact) mass is 325 g/mol. The van der Waals surface area contributed by atoms with Gasteiger partial charge in [0.05, 0.1) is 5.92 Å². The second-order valence-electron chi connectivity index (χ2n) is 7.21. The zero-order valence-corrected chi connectivity index (χ0v) is 15.2. The van der Waals surface area contributed by atoms with Gasteiger partial charge in [-0.2, -0.15) is 0 Å². The van der Waals surface area contributed by atoms with Gasteiger partial charge in [0.25, 0.3) is 0 Å². The SMILES string of the molecule is CO[C@](C)(c1ccccc1)[C@@H](/C=[N+](\[O-])C(C)(C)C)c1ccccc1. The lowest BCUT2D eigenvalue weighted by molar-refractivity contribution is -0.532. The molecule has 0 N–H and O–H groups in total. The molecule has 0 heterocycles. The molecule has 0 aromatic heterocycles. The van der Waals surface area contributed by atoms with E-state index in [-0.39, 0.29) is 5.92 Å². The number of methoxy groups -OCH3 is 1. The first-order valence-electron chi connectivity index (χ1n) is 8.26. The molecule has 0 unspecified atom stereocenters. The van der Waals surface area contributed by atoms with Crippen molar-refractivity contribution in [3.63, 3.8) is 0 Å². The van der Waals surface area contributed by atoms with Crippen molar-refractivity contribution in [3.8, 4) is 0 Å². The van der Waals surface area contributed by atoms with Crippen LogP contribution in [0.5, 0.6) is 0 Å². The van der Waals surface area contributed by atoms with Gasteiger partial charge in [0.15, 0.2) is 11.8 Å². The molecule has 0 spiro atoms. The van der Waals surface area contributed by atoms with Gasteiger partial charge in [-0.15, -0.1) is 0 Å². The molecule has 24 heavy (non-hydrogen) atoms. The molecule has 3 heteroatoms. The predicted octanol–water partition coefficient (Wildman–Crippen LogP) is 4.71. The highest BCUT2D eigenvalue weighted by atomic mass is 16.5. The number of hydrogen-bond donors (Lipinski definition) is 0. The Morgan fingerprint density at radius 3 is 1.88 bits per heavy atom. The molecule has 128 valence electrons. The number of rotatable bonds is 5. The molecular weight excluding hydrogens is 298 g/mol. The van der Waals surface area contributed by atoms with E-state index in [1.54, 1.807) is 13.3 Å². The Balaban J connectivity index is 2.61. The van der Waals surface area contributed by atoms with E-state index in [2.05, 4.69) is 0 Å². The number of ether oxygens (including phenoxy) is 1. The molecule has 2 rings (SSSR count). The highest BCUT2D eigenvalue weighted by molar-refractivity contribution is 5.67. The van der Waals surface area contributed by atoms with Crippen molar-refractivity contribution in [2.45, 2.75) is 44.8 Å². The fraction of sp³-hybridized carbons (Fsp3) is 0.381. The van der Waals surface area contributed by atoms with Gasteiger partial charge in [-0.1, -0.05) is 60.7 Å². The third kappa shape index (κ3) is 3.85. The van der Waals surface area contributed by atoms with Crippen molar-refractivity contribution >= 4 is 6.21 Å². The molecule has 0 saturated heterocycles. The summed E-state index contributed by atoms with van der Waals surface area (Å²) in [6, 6.07) is 20.1. The summed E-state index contributed by atoms with van der Waals surface area (Å²) in [5.74, 6) is -0.206. The molecule has 2 aromatic carbocycles. The number of hydroxylamine groups is 1. The van der Waals surface area contributed by atoms with Gasteiger partial charge in [0, 0.05) is 27.9 Å². The third-order valence-electron chi connectivity index (χ3n) is 4.47. The summed E-state index contributed by atoms with van der Waals surface area (Å²) in [7, 11) is 1.70. The van der Waals surface area contributed by atoms with Gasteiger partial charge in [0.2, 0.25) is 0 Å². The van der Waals surface area contributed by atoms with Gasteiger partial charge < -0.3 is 9.94 Å². The Morgan fingerprint density at radius 1 is 0.917 bits per heavy atom. The highest BCUT2D eigenvalue weighted by Gasteiger charge is 2.39. The summed E-state index contributed by atoms with van der Waals surface area (Å²) in [4.78, 5) is 0. The van der Waals surface area contributed by atoms with Crippen LogP contribution in [0.25, 0.3) is 0 Å². The van der Waals surface area contributed by atoms with Crippen LogP contribution in [0.2, 0.25) is 0 Å². The number of benzene rings is 2. The molecular formula is C21H27NO2. The molecule has 0 fully saturated rings. The van der Waals surface area contributed by atoms with E-state index in [0.29, 0.717) is 0 Å². The maximum atomic E-state index is 12.6. The molecule has 0 aliphatic heterocycles. The van der Waals surface area contributed by atoms with Crippen LogP contribution in [-0.2, 0) is 10.3 Å².